The predicted molar refractivity (Wildman–Crippen MR) is 72.1 cm³/mol. The number of benzene rings is 1. The molecule has 2 aromatic heterocycles. The Labute approximate surface area is 113 Å². The van der Waals surface area contributed by atoms with Crippen LogP contribution in [0.15, 0.2) is 35.5 Å². The van der Waals surface area contributed by atoms with Crippen LogP contribution in [0.4, 0.5) is 0 Å². The van der Waals surface area contributed by atoms with Gasteiger partial charge in [-0.3, -0.25) is 4.98 Å². The van der Waals surface area contributed by atoms with Crippen LogP contribution in [-0.4, -0.2) is 33.8 Å². The summed E-state index contributed by atoms with van der Waals surface area (Å²) < 4.78 is 11.7. The van der Waals surface area contributed by atoms with Crippen LogP contribution in [0, 0.1) is 0 Å². The molecule has 1 aromatic carbocycles. The van der Waals surface area contributed by atoms with Crippen LogP contribution in [0.25, 0.3) is 16.8 Å². The van der Waals surface area contributed by atoms with E-state index in [0.717, 1.165) is 11.1 Å². The lowest BCUT2D eigenvalue weighted by Crippen LogP contribution is -2.17. The molecule has 0 aliphatic carbocycles. The van der Waals surface area contributed by atoms with Crippen molar-refractivity contribution in [1.29, 1.82) is 0 Å². The van der Waals surface area contributed by atoms with Crippen molar-refractivity contribution in [3.8, 4) is 22.6 Å². The van der Waals surface area contributed by atoms with Crippen LogP contribution in [0.2, 0.25) is 0 Å². The molecule has 0 saturated carbocycles. The van der Waals surface area contributed by atoms with Crippen LogP contribution in [-0.2, 0) is 0 Å². The fourth-order valence-corrected chi connectivity index (χ4v) is 1.99. The van der Waals surface area contributed by atoms with E-state index in [4.69, 9.17) is 9.47 Å². The van der Waals surface area contributed by atoms with Crippen molar-refractivity contribution in [1.82, 2.24) is 19.6 Å². The highest BCUT2D eigenvalue weighted by Crippen LogP contribution is 2.30. The molecule has 0 unspecified atom stereocenters. The third-order valence-electron chi connectivity index (χ3n) is 2.97. The Bertz CT molecular complexity index is 800. The number of aromatic nitrogens is 4. The van der Waals surface area contributed by atoms with Crippen LogP contribution in [0.5, 0.6) is 11.5 Å². The number of nitrogens with zero attached hydrogens (tertiary/aromatic N) is 3. The van der Waals surface area contributed by atoms with E-state index in [-0.39, 0.29) is 5.69 Å². The highest BCUT2D eigenvalue weighted by atomic mass is 16.5. The van der Waals surface area contributed by atoms with Gasteiger partial charge in [0.1, 0.15) is 11.5 Å². The zero-order chi connectivity index (χ0) is 14.1. The predicted octanol–water partition coefficient (Wildman–Crippen LogP) is 1.10. The third-order valence-corrected chi connectivity index (χ3v) is 2.97. The summed E-state index contributed by atoms with van der Waals surface area (Å²) in [4.78, 5) is 18.2. The smallest absolute Gasteiger partial charge is 0.349 e. The maximum absolute atomic E-state index is 11.6. The van der Waals surface area contributed by atoms with Gasteiger partial charge in [0.25, 0.3) is 0 Å². The quantitative estimate of drug-likeness (QED) is 0.772. The molecule has 3 rings (SSSR count). The van der Waals surface area contributed by atoms with E-state index in [0.29, 0.717) is 17.1 Å². The van der Waals surface area contributed by atoms with E-state index in [1.165, 1.54) is 10.8 Å². The number of hydrogen-bond acceptors (Lipinski definition) is 5. The van der Waals surface area contributed by atoms with E-state index in [2.05, 4.69) is 15.1 Å². The van der Waals surface area contributed by atoms with Gasteiger partial charge in [0.2, 0.25) is 0 Å². The van der Waals surface area contributed by atoms with E-state index < -0.39 is 0 Å². The average molecular weight is 272 g/mol. The van der Waals surface area contributed by atoms with Crippen LogP contribution >= 0.6 is 0 Å². The second-order valence-corrected chi connectivity index (χ2v) is 4.10. The minimum atomic E-state index is -0.337. The largest absolute Gasteiger partial charge is 0.497 e. The normalized spacial score (nSPS) is 10.7. The number of fused-ring (bicyclic) bond motifs is 1. The third kappa shape index (κ3) is 1.89. The Balaban J connectivity index is 2.25. The number of aromatic amines is 1. The molecule has 3 aromatic rings. The topological polar surface area (TPSA) is 81.5 Å². The van der Waals surface area contributed by atoms with Gasteiger partial charge in [-0.25, -0.2) is 9.78 Å². The molecule has 1 N–H and O–H groups in total. The lowest BCUT2D eigenvalue weighted by Gasteiger charge is -2.07. The van der Waals surface area contributed by atoms with Crippen molar-refractivity contribution in [2.24, 2.45) is 0 Å². The molecular weight excluding hydrogens is 260 g/mol. The van der Waals surface area contributed by atoms with Gasteiger partial charge in [-0.2, -0.15) is 9.61 Å². The van der Waals surface area contributed by atoms with Crippen molar-refractivity contribution in [3.05, 3.63) is 41.2 Å². The van der Waals surface area contributed by atoms with Gasteiger partial charge in [0, 0.05) is 11.6 Å². The zero-order valence-electron chi connectivity index (χ0n) is 11.0. The first-order valence-electron chi connectivity index (χ1n) is 5.88. The van der Waals surface area contributed by atoms with Crippen molar-refractivity contribution < 1.29 is 9.47 Å². The van der Waals surface area contributed by atoms with Gasteiger partial charge < -0.3 is 9.47 Å². The SMILES string of the molecule is COc1cc(OC)cc(-c2cnn3c(=O)[nH]cnc23)c1. The fourth-order valence-electron chi connectivity index (χ4n) is 1.99. The first kappa shape index (κ1) is 12.2. The molecule has 0 spiro atoms. The average Bonchev–Trinajstić information content (AvgIpc) is 2.92. The molecule has 0 aliphatic heterocycles. The van der Waals surface area contributed by atoms with E-state index in [9.17, 15) is 4.79 Å². The van der Waals surface area contributed by atoms with Crippen LogP contribution < -0.4 is 15.2 Å². The highest BCUT2D eigenvalue weighted by molar-refractivity contribution is 5.78. The molecule has 7 nitrogen and oxygen atoms in total. The summed E-state index contributed by atoms with van der Waals surface area (Å²) in [6, 6.07) is 5.44. The molecule has 2 heterocycles. The molecule has 0 fully saturated rings. The molecule has 20 heavy (non-hydrogen) atoms. The Morgan fingerprint density at radius 2 is 1.85 bits per heavy atom. The number of nitrogens with one attached hydrogen (secondary N) is 1. The minimum Gasteiger partial charge on any atom is -0.497 e. The molecule has 0 saturated heterocycles. The molecule has 0 amide bonds. The summed E-state index contributed by atoms with van der Waals surface area (Å²) in [5.74, 6) is 1.31. The summed E-state index contributed by atoms with van der Waals surface area (Å²) in [6.45, 7) is 0. The fraction of sp³-hybridized carbons (Fsp3) is 0.154. The van der Waals surface area contributed by atoms with Gasteiger partial charge in [-0.05, 0) is 17.7 Å². The number of rotatable bonds is 3. The first-order valence-corrected chi connectivity index (χ1v) is 5.88. The molecule has 0 aliphatic rings. The number of hydrogen-bond donors (Lipinski definition) is 1. The van der Waals surface area contributed by atoms with E-state index in [1.54, 1.807) is 26.5 Å². The van der Waals surface area contributed by atoms with Gasteiger partial charge in [0.15, 0.2) is 5.65 Å². The Morgan fingerprint density at radius 3 is 2.50 bits per heavy atom. The lowest BCUT2D eigenvalue weighted by molar-refractivity contribution is 0.394. The van der Waals surface area contributed by atoms with E-state index in [1.807, 2.05) is 12.1 Å². The van der Waals surface area contributed by atoms with Gasteiger partial charge in [-0.1, -0.05) is 0 Å². The van der Waals surface area contributed by atoms with Crippen molar-refractivity contribution in [2.45, 2.75) is 0 Å². The van der Waals surface area contributed by atoms with Gasteiger partial charge >= 0.3 is 5.69 Å². The number of ether oxygens (including phenoxy) is 2. The van der Waals surface area contributed by atoms with Crippen molar-refractivity contribution >= 4 is 5.65 Å². The lowest BCUT2D eigenvalue weighted by atomic mass is 10.1. The molecular formula is C13H12N4O3. The number of methoxy groups -OCH3 is 2. The Morgan fingerprint density at radius 1 is 1.15 bits per heavy atom. The Hall–Kier alpha value is -2.83. The summed E-state index contributed by atoms with van der Waals surface area (Å²) in [6.07, 6.45) is 2.94. The molecule has 102 valence electrons. The summed E-state index contributed by atoms with van der Waals surface area (Å²) >= 11 is 0. The highest BCUT2D eigenvalue weighted by Gasteiger charge is 2.12. The zero-order valence-corrected chi connectivity index (χ0v) is 11.0. The number of H-pyrrole nitrogens is 1. The van der Waals surface area contributed by atoms with Crippen molar-refractivity contribution in [2.75, 3.05) is 14.2 Å². The van der Waals surface area contributed by atoms with Crippen LogP contribution in [0.3, 0.4) is 0 Å². The second-order valence-electron chi connectivity index (χ2n) is 4.10. The molecule has 7 heteroatoms. The van der Waals surface area contributed by atoms with Crippen LogP contribution in [0.1, 0.15) is 0 Å². The summed E-state index contributed by atoms with van der Waals surface area (Å²) in [7, 11) is 3.16. The maximum Gasteiger partial charge on any atom is 0.349 e. The Kier molecular flexibility index (Phi) is 2.86. The summed E-state index contributed by atoms with van der Waals surface area (Å²) in [5.41, 5.74) is 1.68. The molecule has 0 radical (unpaired) electrons. The van der Waals surface area contributed by atoms with Crippen molar-refractivity contribution in [3.63, 3.8) is 0 Å². The second kappa shape index (κ2) is 4.69. The van der Waals surface area contributed by atoms with Gasteiger partial charge in [0.05, 0.1) is 26.7 Å². The molecule has 0 bridgehead atoms. The minimum absolute atomic E-state index is 0.337. The monoisotopic (exact) mass is 272 g/mol. The first-order chi connectivity index (χ1) is 9.72. The summed E-state index contributed by atoms with van der Waals surface area (Å²) in [5, 5.41) is 4.03. The van der Waals surface area contributed by atoms with Gasteiger partial charge in [-0.15, -0.1) is 0 Å². The maximum atomic E-state index is 11.6. The van der Waals surface area contributed by atoms with E-state index >= 15 is 0 Å². The molecule has 0 atom stereocenters. The standard InChI is InChI=1S/C13H12N4O3/c1-19-9-3-8(4-10(5-9)20-2)11-6-16-17-12(11)14-7-15-13(17)18/h3-7H,1-2H3,(H,14,15,18).